The van der Waals surface area contributed by atoms with Crippen LogP contribution >= 0.6 is 0 Å². The normalized spacial score (nSPS) is 14.8. The number of amides is 1. The smallest absolute Gasteiger partial charge is 0.392 e. The molecule has 15 heteroatoms. The van der Waals surface area contributed by atoms with E-state index in [4.69, 9.17) is 5.11 Å². The molecule has 0 spiro atoms. The lowest BCUT2D eigenvalue weighted by atomic mass is 9.94. The van der Waals surface area contributed by atoms with Crippen LogP contribution in [0.4, 0.5) is 52.7 Å². The van der Waals surface area contributed by atoms with Crippen LogP contribution in [-0.2, 0) is 4.79 Å². The van der Waals surface area contributed by atoms with Crippen molar-refractivity contribution >= 4 is 5.91 Å². The predicted molar refractivity (Wildman–Crippen MR) is 55.5 cm³/mol. The summed E-state index contributed by atoms with van der Waals surface area (Å²) in [4.78, 5) is 10.8. The van der Waals surface area contributed by atoms with Crippen molar-refractivity contribution in [2.45, 2.75) is 42.5 Å². The van der Waals surface area contributed by atoms with E-state index in [9.17, 15) is 57.5 Å². The Hall–Kier alpha value is -1.41. The molecule has 25 heavy (non-hydrogen) atoms. The van der Waals surface area contributed by atoms with Gasteiger partial charge in [0, 0.05) is 13.2 Å². The van der Waals surface area contributed by atoms with Gasteiger partial charge in [-0.25, -0.2) is 8.78 Å². The lowest BCUT2D eigenvalue weighted by molar-refractivity contribution is -0.407. The van der Waals surface area contributed by atoms with Crippen LogP contribution in [0, 0.1) is 0 Å². The van der Waals surface area contributed by atoms with Gasteiger partial charge in [0.25, 0.3) is 5.91 Å². The molecular formula is C10H9F12NO2. The molecule has 0 aromatic carbocycles. The fraction of sp³-hybridized carbons (Fsp3) is 0.900. The van der Waals surface area contributed by atoms with Crippen molar-refractivity contribution in [2.75, 3.05) is 13.2 Å². The maximum atomic E-state index is 13.2. The van der Waals surface area contributed by atoms with Gasteiger partial charge in [0.1, 0.15) is 0 Å². The number of hydrogen-bond donors (Lipinski definition) is 2. The molecule has 150 valence electrons. The molecule has 0 saturated heterocycles. The van der Waals surface area contributed by atoms with Gasteiger partial charge in [0.05, 0.1) is 0 Å². The minimum Gasteiger partial charge on any atom is -0.396 e. The summed E-state index contributed by atoms with van der Waals surface area (Å²) in [7, 11) is 0. The second-order valence-electron chi connectivity index (χ2n) is 4.55. The molecule has 0 aromatic heterocycles. The van der Waals surface area contributed by atoms with Crippen molar-refractivity contribution in [3.05, 3.63) is 0 Å². The summed E-state index contributed by atoms with van der Waals surface area (Å²) < 4.78 is 153. The van der Waals surface area contributed by atoms with Gasteiger partial charge in [-0.05, 0) is 6.42 Å². The molecular weight excluding hydrogens is 394 g/mol. The number of rotatable bonds is 9. The second kappa shape index (κ2) is 7.07. The summed E-state index contributed by atoms with van der Waals surface area (Å²) in [6.07, 6.45) is -6.14. The molecule has 2 N–H and O–H groups in total. The molecule has 0 rings (SSSR count). The van der Waals surface area contributed by atoms with Crippen LogP contribution in [0.15, 0.2) is 0 Å². The van der Waals surface area contributed by atoms with Crippen molar-refractivity contribution in [1.82, 2.24) is 5.32 Å². The van der Waals surface area contributed by atoms with E-state index in [1.807, 2.05) is 0 Å². The summed E-state index contributed by atoms with van der Waals surface area (Å²) in [5.41, 5.74) is 0. The van der Waals surface area contributed by atoms with Gasteiger partial charge < -0.3 is 10.4 Å². The number of carbonyl (C=O) groups excluding carboxylic acids is 1. The molecule has 3 nitrogen and oxygen atoms in total. The first kappa shape index (κ1) is 23.6. The van der Waals surface area contributed by atoms with E-state index in [-0.39, 0.29) is 0 Å². The van der Waals surface area contributed by atoms with Crippen LogP contribution in [0.25, 0.3) is 0 Å². The Morgan fingerprint density at radius 1 is 0.840 bits per heavy atom. The van der Waals surface area contributed by atoms with Crippen LogP contribution < -0.4 is 5.32 Å². The molecule has 0 atom stereocenters. The molecule has 0 radical (unpaired) electrons. The molecule has 0 aliphatic carbocycles. The summed E-state index contributed by atoms with van der Waals surface area (Å²) in [6.45, 7) is -1.77. The van der Waals surface area contributed by atoms with E-state index in [2.05, 4.69) is 0 Å². The Labute approximate surface area is 131 Å². The second-order valence-corrected chi connectivity index (χ2v) is 4.55. The van der Waals surface area contributed by atoms with Crippen molar-refractivity contribution in [2.24, 2.45) is 0 Å². The third kappa shape index (κ3) is 3.60. The van der Waals surface area contributed by atoms with Crippen LogP contribution in [0.3, 0.4) is 0 Å². The van der Waals surface area contributed by atoms with Gasteiger partial charge in [-0.15, -0.1) is 0 Å². The third-order valence-corrected chi connectivity index (χ3v) is 2.78. The highest BCUT2D eigenvalue weighted by atomic mass is 19.4. The van der Waals surface area contributed by atoms with Crippen molar-refractivity contribution in [3.8, 4) is 0 Å². The van der Waals surface area contributed by atoms with Gasteiger partial charge in [-0.2, -0.15) is 43.9 Å². The molecule has 0 saturated carbocycles. The zero-order chi connectivity index (χ0) is 20.5. The van der Waals surface area contributed by atoms with Gasteiger partial charge in [-0.1, -0.05) is 0 Å². The maximum absolute atomic E-state index is 13.2. The Morgan fingerprint density at radius 3 is 1.64 bits per heavy atom. The number of carbonyl (C=O) groups is 1. The Kier molecular flexibility index (Phi) is 6.67. The number of hydrogen-bond acceptors (Lipinski definition) is 2. The monoisotopic (exact) mass is 403 g/mol. The summed E-state index contributed by atoms with van der Waals surface area (Å²) in [5.74, 6) is -39.9. The minimum atomic E-state index is -7.74. The van der Waals surface area contributed by atoms with E-state index in [0.717, 1.165) is 5.32 Å². The topological polar surface area (TPSA) is 49.3 Å². The van der Waals surface area contributed by atoms with Gasteiger partial charge in [0.15, 0.2) is 0 Å². The highest BCUT2D eigenvalue weighted by Gasteiger charge is 2.89. The van der Waals surface area contributed by atoms with E-state index in [1.165, 1.54) is 0 Å². The zero-order valence-corrected chi connectivity index (χ0v) is 11.6. The van der Waals surface area contributed by atoms with Crippen molar-refractivity contribution in [1.29, 1.82) is 0 Å². The van der Waals surface area contributed by atoms with E-state index in [0.29, 0.717) is 0 Å². The average molecular weight is 403 g/mol. The van der Waals surface area contributed by atoms with Crippen molar-refractivity contribution < 1.29 is 62.6 Å². The Morgan fingerprint density at radius 2 is 1.28 bits per heavy atom. The number of aliphatic hydroxyl groups is 1. The zero-order valence-electron chi connectivity index (χ0n) is 11.6. The molecule has 1 amide bonds. The molecule has 0 fully saturated rings. The lowest BCUT2D eigenvalue weighted by Gasteiger charge is -2.38. The Bertz CT molecular complexity index is 479. The fourth-order valence-electron chi connectivity index (χ4n) is 1.28. The molecule has 0 aliphatic rings. The average Bonchev–Trinajstić information content (AvgIpc) is 2.46. The lowest BCUT2D eigenvalue weighted by Crippen LogP contribution is -2.70. The largest absolute Gasteiger partial charge is 0.396 e. The van der Waals surface area contributed by atoms with Crippen LogP contribution in [-0.4, -0.2) is 60.2 Å². The van der Waals surface area contributed by atoms with E-state index >= 15 is 0 Å². The summed E-state index contributed by atoms with van der Waals surface area (Å²) in [6, 6.07) is 0. The molecule has 0 aromatic rings. The first-order valence-electron chi connectivity index (χ1n) is 5.99. The standard InChI is InChI=1S/C10H9F12NO2/c11-4(12)6(13,14)8(17,18)10(21,22)9(19,20)7(15,16)5(25)23-2-1-3-24/h4,24H,1-3H2,(H,23,25). The maximum Gasteiger partial charge on any atom is 0.392 e. The van der Waals surface area contributed by atoms with E-state index in [1.54, 1.807) is 0 Å². The van der Waals surface area contributed by atoms with Gasteiger partial charge in [-0.3, -0.25) is 4.79 Å². The summed E-state index contributed by atoms with van der Waals surface area (Å²) >= 11 is 0. The molecule has 0 aliphatic heterocycles. The third-order valence-electron chi connectivity index (χ3n) is 2.78. The van der Waals surface area contributed by atoms with Gasteiger partial charge in [0.2, 0.25) is 0 Å². The molecule has 0 heterocycles. The SMILES string of the molecule is O=C(NCCCO)C(F)(F)C(F)(F)C(F)(F)C(F)(F)C(F)(F)C(F)F. The quantitative estimate of drug-likeness (QED) is 0.460. The van der Waals surface area contributed by atoms with Crippen LogP contribution in [0.5, 0.6) is 0 Å². The minimum absolute atomic E-state index is 0.538. The van der Waals surface area contributed by atoms with Gasteiger partial charge >= 0.3 is 36.0 Å². The van der Waals surface area contributed by atoms with Crippen LogP contribution in [0.1, 0.15) is 6.42 Å². The van der Waals surface area contributed by atoms with Crippen molar-refractivity contribution in [3.63, 3.8) is 0 Å². The number of alkyl halides is 12. The van der Waals surface area contributed by atoms with Crippen LogP contribution in [0.2, 0.25) is 0 Å². The first-order chi connectivity index (χ1) is 10.9. The van der Waals surface area contributed by atoms with E-state index < -0.39 is 61.5 Å². The molecule has 0 bridgehead atoms. The first-order valence-corrected chi connectivity index (χ1v) is 5.99. The number of aliphatic hydroxyl groups excluding tert-OH is 1. The highest BCUT2D eigenvalue weighted by molar-refractivity contribution is 5.84. The summed E-state index contributed by atoms with van der Waals surface area (Å²) in [5, 5.41) is 9.13. The Balaban J connectivity index is 5.90. The highest BCUT2D eigenvalue weighted by Crippen LogP contribution is 2.58. The predicted octanol–water partition coefficient (Wildman–Crippen LogP) is 2.93. The fourth-order valence-corrected chi connectivity index (χ4v) is 1.28. The number of halogens is 12. The number of nitrogens with one attached hydrogen (secondary N) is 1. The molecule has 0 unspecified atom stereocenters.